The number of benzene rings is 2. The molecule has 90 valence electrons. The number of hydrogen-bond donors (Lipinski definition) is 1. The van der Waals surface area contributed by atoms with Gasteiger partial charge in [0.05, 0.1) is 0 Å². The summed E-state index contributed by atoms with van der Waals surface area (Å²) >= 11 is 0. The average Bonchev–Trinajstić information content (AvgIpc) is 2.37. The minimum Gasteiger partial charge on any atom is -0.508 e. The molecule has 1 N–H and O–H groups in total. The Morgan fingerprint density at radius 1 is 1.11 bits per heavy atom. The maximum Gasteiger partial charge on any atom is 0.185 e. The Balaban J connectivity index is 2.20. The molecule has 0 aliphatic heterocycles. The van der Waals surface area contributed by atoms with Crippen molar-refractivity contribution in [3.05, 3.63) is 71.6 Å². The Labute approximate surface area is 104 Å². The normalized spacial score (nSPS) is 10.7. The molecule has 0 amide bonds. The Morgan fingerprint density at radius 2 is 1.89 bits per heavy atom. The Bertz CT molecular complexity index is 603. The number of rotatable bonds is 3. The lowest BCUT2D eigenvalue weighted by Crippen LogP contribution is -1.93. The number of aromatic hydroxyl groups is 1. The van der Waals surface area contributed by atoms with Gasteiger partial charge < -0.3 is 5.11 Å². The highest BCUT2D eigenvalue weighted by Gasteiger charge is 2.03. The zero-order valence-corrected chi connectivity index (χ0v) is 9.51. The molecule has 2 rings (SSSR count). The quantitative estimate of drug-likeness (QED) is 0.661. The summed E-state index contributed by atoms with van der Waals surface area (Å²) in [7, 11) is 0. The van der Waals surface area contributed by atoms with Gasteiger partial charge in [0, 0.05) is 11.1 Å². The van der Waals surface area contributed by atoms with Gasteiger partial charge in [-0.05, 0) is 30.4 Å². The number of allylic oxidation sites excluding steroid dienone is 1. The van der Waals surface area contributed by atoms with E-state index < -0.39 is 0 Å². The van der Waals surface area contributed by atoms with Crippen molar-refractivity contribution in [1.82, 2.24) is 0 Å². The molecule has 0 saturated heterocycles. The zero-order chi connectivity index (χ0) is 13.0. The second-order valence-corrected chi connectivity index (χ2v) is 3.77. The summed E-state index contributed by atoms with van der Waals surface area (Å²) in [5, 5.41) is 9.26. The minimum atomic E-state index is -0.377. The maximum atomic E-state index is 13.3. The number of carbonyl (C=O) groups excluding carboxylic acids is 1. The molecule has 18 heavy (non-hydrogen) atoms. The van der Waals surface area contributed by atoms with Crippen LogP contribution in [0.5, 0.6) is 5.75 Å². The predicted molar refractivity (Wildman–Crippen MR) is 67.9 cm³/mol. The molecule has 2 nitrogen and oxygen atoms in total. The van der Waals surface area contributed by atoms with Gasteiger partial charge in [-0.15, -0.1) is 0 Å². The van der Waals surface area contributed by atoms with Gasteiger partial charge in [0.1, 0.15) is 11.6 Å². The summed E-state index contributed by atoms with van der Waals surface area (Å²) < 4.78 is 13.3. The number of phenols is 1. The van der Waals surface area contributed by atoms with E-state index >= 15 is 0 Å². The molecule has 0 saturated carbocycles. The monoisotopic (exact) mass is 242 g/mol. The van der Waals surface area contributed by atoms with Crippen LogP contribution in [0.1, 0.15) is 15.9 Å². The summed E-state index contributed by atoms with van der Waals surface area (Å²) in [6, 6.07) is 12.2. The molecule has 2 aromatic carbocycles. The van der Waals surface area contributed by atoms with Crippen LogP contribution in [0.4, 0.5) is 4.39 Å². The van der Waals surface area contributed by atoms with E-state index in [1.54, 1.807) is 30.3 Å². The van der Waals surface area contributed by atoms with E-state index in [9.17, 15) is 14.3 Å². The Morgan fingerprint density at radius 3 is 2.61 bits per heavy atom. The van der Waals surface area contributed by atoms with Gasteiger partial charge in [-0.1, -0.05) is 30.3 Å². The van der Waals surface area contributed by atoms with Crippen LogP contribution in [0.25, 0.3) is 6.08 Å². The Hall–Kier alpha value is -2.42. The molecule has 2 aromatic rings. The summed E-state index contributed by atoms with van der Waals surface area (Å²) in [5.41, 5.74) is 0.716. The van der Waals surface area contributed by atoms with E-state index in [1.807, 2.05) is 0 Å². The third-order valence-electron chi connectivity index (χ3n) is 2.45. The molecule has 3 heteroatoms. The first-order valence-corrected chi connectivity index (χ1v) is 5.43. The molecule has 0 unspecified atom stereocenters. The summed E-state index contributed by atoms with van der Waals surface area (Å²) in [4.78, 5) is 11.8. The third kappa shape index (κ3) is 2.83. The van der Waals surface area contributed by atoms with Crippen LogP contribution in [-0.2, 0) is 0 Å². The van der Waals surface area contributed by atoms with E-state index in [0.717, 1.165) is 0 Å². The molecule has 0 aromatic heterocycles. The largest absolute Gasteiger partial charge is 0.508 e. The lowest BCUT2D eigenvalue weighted by molar-refractivity contribution is 0.104. The van der Waals surface area contributed by atoms with Crippen LogP contribution in [-0.4, -0.2) is 10.9 Å². The summed E-state index contributed by atoms with van der Waals surface area (Å²) in [6.45, 7) is 0. The first-order chi connectivity index (χ1) is 8.66. The summed E-state index contributed by atoms with van der Waals surface area (Å²) in [5.74, 6) is -0.633. The van der Waals surface area contributed by atoms with Gasteiger partial charge in [0.15, 0.2) is 5.78 Å². The van der Waals surface area contributed by atoms with Crippen LogP contribution in [0, 0.1) is 5.82 Å². The maximum absolute atomic E-state index is 13.3. The van der Waals surface area contributed by atoms with Crippen LogP contribution >= 0.6 is 0 Å². The van der Waals surface area contributed by atoms with Gasteiger partial charge in [0.25, 0.3) is 0 Å². The SMILES string of the molecule is O=C(C=Cc1ccccc1F)c1cccc(O)c1. The smallest absolute Gasteiger partial charge is 0.185 e. The van der Waals surface area contributed by atoms with Crippen molar-refractivity contribution < 1.29 is 14.3 Å². The van der Waals surface area contributed by atoms with Crippen molar-refractivity contribution in [2.45, 2.75) is 0 Å². The van der Waals surface area contributed by atoms with Crippen molar-refractivity contribution in [3.63, 3.8) is 0 Å². The topological polar surface area (TPSA) is 37.3 Å². The van der Waals surface area contributed by atoms with Crippen LogP contribution in [0.15, 0.2) is 54.6 Å². The number of carbonyl (C=O) groups is 1. The fourth-order valence-electron chi connectivity index (χ4n) is 1.53. The molecule has 0 heterocycles. The predicted octanol–water partition coefficient (Wildman–Crippen LogP) is 3.43. The van der Waals surface area contributed by atoms with Gasteiger partial charge >= 0.3 is 0 Å². The number of halogens is 1. The van der Waals surface area contributed by atoms with Gasteiger partial charge in [-0.25, -0.2) is 4.39 Å². The highest BCUT2D eigenvalue weighted by Crippen LogP contribution is 2.13. The molecular formula is C15H11FO2. The first-order valence-electron chi connectivity index (χ1n) is 5.43. The van der Waals surface area contributed by atoms with Gasteiger partial charge in [0.2, 0.25) is 0 Å². The lowest BCUT2D eigenvalue weighted by atomic mass is 10.1. The van der Waals surface area contributed by atoms with E-state index in [-0.39, 0.29) is 17.3 Å². The molecule has 0 aliphatic carbocycles. The van der Waals surface area contributed by atoms with Crippen molar-refractivity contribution in [2.24, 2.45) is 0 Å². The van der Waals surface area contributed by atoms with E-state index in [1.165, 1.54) is 30.4 Å². The number of phenolic OH excluding ortho intramolecular Hbond substituents is 1. The van der Waals surface area contributed by atoms with Crippen molar-refractivity contribution in [3.8, 4) is 5.75 Å². The Kier molecular flexibility index (Phi) is 3.53. The van der Waals surface area contributed by atoms with Gasteiger partial charge in [-0.3, -0.25) is 4.79 Å². The number of ketones is 1. The zero-order valence-electron chi connectivity index (χ0n) is 9.51. The number of hydrogen-bond acceptors (Lipinski definition) is 2. The molecule has 0 fully saturated rings. The summed E-state index contributed by atoms with van der Waals surface area (Å²) in [6.07, 6.45) is 2.70. The fourth-order valence-corrected chi connectivity index (χ4v) is 1.53. The molecule has 0 atom stereocenters. The highest BCUT2D eigenvalue weighted by molar-refractivity contribution is 6.07. The molecule has 0 aliphatic rings. The average molecular weight is 242 g/mol. The molecular weight excluding hydrogens is 231 g/mol. The van der Waals surface area contributed by atoms with Crippen molar-refractivity contribution in [1.29, 1.82) is 0 Å². The standard InChI is InChI=1S/C15H11FO2/c16-14-7-2-1-4-11(14)8-9-15(18)12-5-3-6-13(17)10-12/h1-10,17H. The minimum absolute atomic E-state index is 0.0279. The molecule has 0 spiro atoms. The van der Waals surface area contributed by atoms with E-state index in [2.05, 4.69) is 0 Å². The third-order valence-corrected chi connectivity index (χ3v) is 2.45. The van der Waals surface area contributed by atoms with Crippen LogP contribution in [0.3, 0.4) is 0 Å². The molecule has 0 bridgehead atoms. The first kappa shape index (κ1) is 12.0. The highest BCUT2D eigenvalue weighted by atomic mass is 19.1. The lowest BCUT2D eigenvalue weighted by Gasteiger charge is -1.97. The van der Waals surface area contributed by atoms with E-state index in [0.29, 0.717) is 11.1 Å². The fraction of sp³-hybridized carbons (Fsp3) is 0. The van der Waals surface area contributed by atoms with Crippen molar-refractivity contribution >= 4 is 11.9 Å². The van der Waals surface area contributed by atoms with Crippen molar-refractivity contribution in [2.75, 3.05) is 0 Å². The second-order valence-electron chi connectivity index (χ2n) is 3.77. The van der Waals surface area contributed by atoms with Crippen LogP contribution < -0.4 is 0 Å². The van der Waals surface area contributed by atoms with E-state index in [4.69, 9.17) is 0 Å². The second kappa shape index (κ2) is 5.27. The van der Waals surface area contributed by atoms with Crippen LogP contribution in [0.2, 0.25) is 0 Å². The molecule has 0 radical (unpaired) electrons. The van der Waals surface area contributed by atoms with Gasteiger partial charge in [-0.2, -0.15) is 0 Å².